The van der Waals surface area contributed by atoms with E-state index in [-0.39, 0.29) is 11.8 Å². The second-order valence-electron chi connectivity index (χ2n) is 6.49. The van der Waals surface area contributed by atoms with Gasteiger partial charge < -0.3 is 4.90 Å². The van der Waals surface area contributed by atoms with Crippen LogP contribution in [0.5, 0.6) is 0 Å². The molecule has 4 rings (SSSR count). The Labute approximate surface area is 141 Å². The topological polar surface area (TPSA) is 53.5 Å². The van der Waals surface area contributed by atoms with Gasteiger partial charge in [0.25, 0.3) is 11.8 Å². The number of nitrogens with zero attached hydrogens (tertiary/aromatic N) is 3. The summed E-state index contributed by atoms with van der Waals surface area (Å²) in [6.45, 7) is 5.33. The molecule has 0 bridgehead atoms. The van der Waals surface area contributed by atoms with Crippen LogP contribution in [-0.2, 0) is 6.42 Å². The van der Waals surface area contributed by atoms with Crippen LogP contribution < -0.4 is 0 Å². The summed E-state index contributed by atoms with van der Waals surface area (Å²) in [4.78, 5) is 34.2. The molecule has 1 fully saturated rings. The minimum Gasteiger partial charge on any atom is -0.302 e. The molecule has 2 aromatic rings. The fourth-order valence-corrected chi connectivity index (χ4v) is 3.78. The third-order valence-corrected chi connectivity index (χ3v) is 5.06. The first-order chi connectivity index (χ1) is 11.7. The van der Waals surface area contributed by atoms with E-state index in [4.69, 9.17) is 0 Å². The van der Waals surface area contributed by atoms with Crippen LogP contribution >= 0.6 is 0 Å². The molecule has 0 spiro atoms. The minimum atomic E-state index is -0.177. The Kier molecular flexibility index (Phi) is 3.81. The fraction of sp³-hybridized carbons (Fsp3) is 0.421. The smallest absolute Gasteiger partial charge is 0.263 e. The largest absolute Gasteiger partial charge is 0.302 e. The van der Waals surface area contributed by atoms with Gasteiger partial charge in [-0.25, -0.2) is 0 Å². The van der Waals surface area contributed by atoms with E-state index in [2.05, 4.69) is 9.88 Å². The molecule has 1 aromatic carbocycles. The lowest BCUT2D eigenvalue weighted by Crippen LogP contribution is -2.37. The number of amides is 2. The summed E-state index contributed by atoms with van der Waals surface area (Å²) in [5.74, 6) is -0.341. The molecule has 2 amide bonds. The monoisotopic (exact) mass is 323 g/mol. The van der Waals surface area contributed by atoms with Gasteiger partial charge in [0.1, 0.15) is 0 Å². The Morgan fingerprint density at radius 2 is 1.71 bits per heavy atom. The normalized spacial score (nSPS) is 18.0. The summed E-state index contributed by atoms with van der Waals surface area (Å²) in [5.41, 5.74) is 2.58. The SMILES string of the molecule is CCc1nc2ccccc2c2c1C(=O)N(CCN1CCCC1)C2=O. The maximum Gasteiger partial charge on any atom is 0.263 e. The molecular weight excluding hydrogens is 302 g/mol. The fourth-order valence-electron chi connectivity index (χ4n) is 3.78. The van der Waals surface area contributed by atoms with E-state index in [9.17, 15) is 9.59 Å². The number of aryl methyl sites for hydroxylation is 1. The van der Waals surface area contributed by atoms with Crippen LogP contribution in [0.15, 0.2) is 24.3 Å². The van der Waals surface area contributed by atoms with Crippen molar-refractivity contribution in [2.24, 2.45) is 0 Å². The standard InChI is InChI=1S/C19H21N3O2/c1-2-14-17-16(13-7-3-4-8-15(13)20-14)18(23)22(19(17)24)12-11-21-9-5-6-10-21/h3-4,7-8H,2,5-6,9-12H2,1H3. The van der Waals surface area contributed by atoms with Gasteiger partial charge in [-0.05, 0) is 38.4 Å². The number of pyridine rings is 1. The lowest BCUT2D eigenvalue weighted by Gasteiger charge is -2.19. The molecule has 1 aromatic heterocycles. The molecule has 0 radical (unpaired) electrons. The first kappa shape index (κ1) is 15.3. The van der Waals surface area contributed by atoms with Crippen LogP contribution in [-0.4, -0.2) is 52.8 Å². The summed E-state index contributed by atoms with van der Waals surface area (Å²) >= 11 is 0. The van der Waals surface area contributed by atoms with Crippen molar-refractivity contribution >= 4 is 22.7 Å². The highest BCUT2D eigenvalue weighted by Crippen LogP contribution is 2.31. The number of hydrogen-bond acceptors (Lipinski definition) is 4. The molecule has 124 valence electrons. The number of imide groups is 1. The Balaban J connectivity index is 1.73. The molecule has 1 saturated heterocycles. The van der Waals surface area contributed by atoms with Crippen molar-refractivity contribution in [1.29, 1.82) is 0 Å². The average Bonchev–Trinajstić information content (AvgIpc) is 3.20. The molecule has 2 aliphatic rings. The average molecular weight is 323 g/mol. The predicted octanol–water partition coefficient (Wildman–Crippen LogP) is 2.49. The molecule has 0 atom stereocenters. The van der Waals surface area contributed by atoms with Crippen LogP contribution in [0.2, 0.25) is 0 Å². The van der Waals surface area contributed by atoms with Crippen LogP contribution in [0, 0.1) is 0 Å². The van der Waals surface area contributed by atoms with Gasteiger partial charge in [0.2, 0.25) is 0 Å². The van der Waals surface area contributed by atoms with Crippen molar-refractivity contribution in [1.82, 2.24) is 14.8 Å². The van der Waals surface area contributed by atoms with Crippen molar-refractivity contribution in [2.45, 2.75) is 26.2 Å². The van der Waals surface area contributed by atoms with Gasteiger partial charge in [-0.2, -0.15) is 0 Å². The highest BCUT2D eigenvalue weighted by molar-refractivity contribution is 6.26. The van der Waals surface area contributed by atoms with E-state index < -0.39 is 0 Å². The van der Waals surface area contributed by atoms with Crippen molar-refractivity contribution in [2.75, 3.05) is 26.2 Å². The van der Waals surface area contributed by atoms with Crippen molar-refractivity contribution in [3.63, 3.8) is 0 Å². The molecule has 5 heteroatoms. The van der Waals surface area contributed by atoms with Gasteiger partial charge in [0.15, 0.2) is 0 Å². The number of hydrogen-bond donors (Lipinski definition) is 0. The van der Waals surface area contributed by atoms with E-state index in [1.165, 1.54) is 17.7 Å². The minimum absolute atomic E-state index is 0.164. The molecule has 0 unspecified atom stereocenters. The third kappa shape index (κ3) is 2.31. The summed E-state index contributed by atoms with van der Waals surface area (Å²) in [5, 5.41) is 0.784. The summed E-state index contributed by atoms with van der Waals surface area (Å²) in [6.07, 6.45) is 3.06. The van der Waals surface area contributed by atoms with Crippen molar-refractivity contribution in [3.05, 3.63) is 41.1 Å². The number of likely N-dealkylation sites (tertiary alicyclic amines) is 1. The quantitative estimate of drug-likeness (QED) is 0.811. The number of carbonyl (C=O) groups is 2. The van der Waals surface area contributed by atoms with Gasteiger partial charge in [-0.15, -0.1) is 0 Å². The highest BCUT2D eigenvalue weighted by Gasteiger charge is 2.39. The van der Waals surface area contributed by atoms with Crippen LogP contribution in [0.4, 0.5) is 0 Å². The van der Waals surface area contributed by atoms with E-state index in [1.807, 2.05) is 31.2 Å². The Morgan fingerprint density at radius 1 is 1.00 bits per heavy atom. The lowest BCUT2D eigenvalue weighted by atomic mass is 10.0. The molecule has 0 N–H and O–H groups in total. The van der Waals surface area contributed by atoms with Gasteiger partial charge in [0, 0.05) is 18.5 Å². The Bertz CT molecular complexity index is 825. The van der Waals surface area contributed by atoms with Crippen LogP contribution in [0.3, 0.4) is 0 Å². The van der Waals surface area contributed by atoms with Crippen molar-refractivity contribution in [3.8, 4) is 0 Å². The van der Waals surface area contributed by atoms with E-state index >= 15 is 0 Å². The maximum atomic E-state index is 13.0. The first-order valence-corrected chi connectivity index (χ1v) is 8.71. The molecule has 5 nitrogen and oxygen atoms in total. The van der Waals surface area contributed by atoms with E-state index in [1.54, 1.807) is 0 Å². The zero-order chi connectivity index (χ0) is 16.7. The highest BCUT2D eigenvalue weighted by atomic mass is 16.2. The number of aromatic nitrogens is 1. The lowest BCUT2D eigenvalue weighted by molar-refractivity contribution is 0.0641. The summed E-state index contributed by atoms with van der Waals surface area (Å²) in [6, 6.07) is 7.59. The molecule has 24 heavy (non-hydrogen) atoms. The maximum absolute atomic E-state index is 13.0. The van der Waals surface area contributed by atoms with Crippen molar-refractivity contribution < 1.29 is 9.59 Å². The van der Waals surface area contributed by atoms with Gasteiger partial charge >= 0.3 is 0 Å². The molecule has 3 heterocycles. The Morgan fingerprint density at radius 3 is 2.46 bits per heavy atom. The molecule has 0 aliphatic carbocycles. The number of carbonyl (C=O) groups excluding carboxylic acids is 2. The number of benzene rings is 1. The zero-order valence-corrected chi connectivity index (χ0v) is 13.9. The van der Waals surface area contributed by atoms with Gasteiger partial charge in [-0.1, -0.05) is 25.1 Å². The summed E-state index contributed by atoms with van der Waals surface area (Å²) in [7, 11) is 0. The van der Waals surface area contributed by atoms with Gasteiger partial charge in [-0.3, -0.25) is 19.5 Å². The molecular formula is C19H21N3O2. The van der Waals surface area contributed by atoms with E-state index in [0.717, 1.165) is 36.2 Å². The summed E-state index contributed by atoms with van der Waals surface area (Å²) < 4.78 is 0. The predicted molar refractivity (Wildman–Crippen MR) is 92.2 cm³/mol. The van der Waals surface area contributed by atoms with Crippen LogP contribution in [0.1, 0.15) is 46.2 Å². The molecule has 0 saturated carbocycles. The third-order valence-electron chi connectivity index (χ3n) is 5.06. The Hall–Kier alpha value is -2.27. The van der Waals surface area contributed by atoms with Gasteiger partial charge in [0.05, 0.1) is 22.3 Å². The number of rotatable bonds is 4. The zero-order valence-electron chi connectivity index (χ0n) is 13.9. The van der Waals surface area contributed by atoms with Crippen LogP contribution in [0.25, 0.3) is 10.9 Å². The molecule has 2 aliphatic heterocycles. The first-order valence-electron chi connectivity index (χ1n) is 8.71. The second-order valence-corrected chi connectivity index (χ2v) is 6.49. The van der Waals surface area contributed by atoms with E-state index in [0.29, 0.717) is 24.1 Å². The number of para-hydroxylation sites is 1. The second kappa shape index (κ2) is 5.98. The number of fused-ring (bicyclic) bond motifs is 3.